The van der Waals surface area contributed by atoms with Crippen LogP contribution in [0, 0.1) is 13.8 Å². The van der Waals surface area contributed by atoms with Gasteiger partial charge in [0, 0.05) is 4.47 Å². The molecule has 0 heterocycles. The van der Waals surface area contributed by atoms with Crippen molar-refractivity contribution in [1.82, 2.24) is 5.43 Å². The molecule has 0 saturated heterocycles. The van der Waals surface area contributed by atoms with Crippen LogP contribution in [0.15, 0.2) is 46.9 Å². The summed E-state index contributed by atoms with van der Waals surface area (Å²) in [6.07, 6.45) is 0. The van der Waals surface area contributed by atoms with E-state index < -0.39 is 0 Å². The summed E-state index contributed by atoms with van der Waals surface area (Å²) in [6, 6.07) is 14.6. The molecule has 94 valence electrons. The second-order valence-corrected chi connectivity index (χ2v) is 5.34. The Morgan fingerprint density at radius 2 is 1.78 bits per heavy atom. The number of nitrogens with one attached hydrogen (secondary N) is 1. The molecule has 0 radical (unpaired) electrons. The molecule has 2 aromatic carbocycles. The van der Waals surface area contributed by atoms with Gasteiger partial charge in [-0.3, -0.25) is 5.84 Å². The van der Waals surface area contributed by atoms with Crippen LogP contribution in [0.1, 0.15) is 28.3 Å². The molecule has 2 rings (SSSR count). The van der Waals surface area contributed by atoms with Crippen molar-refractivity contribution in [3.63, 3.8) is 0 Å². The molecule has 1 atom stereocenters. The van der Waals surface area contributed by atoms with Gasteiger partial charge in [0.25, 0.3) is 0 Å². The highest BCUT2D eigenvalue weighted by molar-refractivity contribution is 9.10. The zero-order chi connectivity index (χ0) is 13.1. The van der Waals surface area contributed by atoms with E-state index in [1.165, 1.54) is 16.7 Å². The standard InChI is InChI=1S/C15H17BrN2/c1-10-7-8-12(11(2)9-10)15(18-17)13-5-3-4-6-14(13)16/h3-9,15,18H,17H2,1-2H3. The molecule has 0 spiro atoms. The Kier molecular flexibility index (Phi) is 4.17. The Bertz CT molecular complexity index is 552. The lowest BCUT2D eigenvalue weighted by molar-refractivity contribution is 0.631. The summed E-state index contributed by atoms with van der Waals surface area (Å²) in [5, 5.41) is 0. The van der Waals surface area contributed by atoms with Crippen LogP contribution < -0.4 is 11.3 Å². The molecule has 18 heavy (non-hydrogen) atoms. The van der Waals surface area contributed by atoms with Crippen molar-refractivity contribution in [2.45, 2.75) is 19.9 Å². The summed E-state index contributed by atoms with van der Waals surface area (Å²) in [6.45, 7) is 4.21. The van der Waals surface area contributed by atoms with E-state index in [2.05, 4.69) is 59.5 Å². The molecule has 2 nitrogen and oxygen atoms in total. The summed E-state index contributed by atoms with van der Waals surface area (Å²) < 4.78 is 1.06. The first-order valence-corrected chi connectivity index (χ1v) is 6.70. The summed E-state index contributed by atoms with van der Waals surface area (Å²) in [5.41, 5.74) is 7.76. The summed E-state index contributed by atoms with van der Waals surface area (Å²) in [5.74, 6) is 5.74. The van der Waals surface area contributed by atoms with Gasteiger partial charge in [-0.05, 0) is 36.6 Å². The SMILES string of the molecule is Cc1ccc(C(NN)c2ccccc2Br)c(C)c1. The van der Waals surface area contributed by atoms with Crippen LogP contribution >= 0.6 is 15.9 Å². The molecule has 0 aliphatic carbocycles. The van der Waals surface area contributed by atoms with Crippen molar-refractivity contribution in [2.75, 3.05) is 0 Å². The number of nitrogens with two attached hydrogens (primary N) is 1. The minimum atomic E-state index is 0.00109. The fourth-order valence-corrected chi connectivity index (χ4v) is 2.72. The van der Waals surface area contributed by atoms with E-state index in [1.54, 1.807) is 0 Å². The monoisotopic (exact) mass is 304 g/mol. The van der Waals surface area contributed by atoms with E-state index in [1.807, 2.05) is 18.2 Å². The fourth-order valence-electron chi connectivity index (χ4n) is 2.21. The van der Waals surface area contributed by atoms with Gasteiger partial charge in [0.1, 0.15) is 0 Å². The van der Waals surface area contributed by atoms with Crippen molar-refractivity contribution in [1.29, 1.82) is 0 Å². The van der Waals surface area contributed by atoms with Gasteiger partial charge in [0.15, 0.2) is 0 Å². The van der Waals surface area contributed by atoms with Gasteiger partial charge in [-0.25, -0.2) is 5.43 Å². The largest absolute Gasteiger partial charge is 0.271 e. The maximum atomic E-state index is 5.74. The van der Waals surface area contributed by atoms with Crippen molar-refractivity contribution >= 4 is 15.9 Å². The predicted octanol–water partition coefficient (Wildman–Crippen LogP) is 3.62. The third-order valence-corrected chi connectivity index (χ3v) is 3.84. The Balaban J connectivity index is 2.49. The lowest BCUT2D eigenvalue weighted by Crippen LogP contribution is -2.29. The number of hydrogen-bond acceptors (Lipinski definition) is 2. The lowest BCUT2D eigenvalue weighted by atomic mass is 9.94. The smallest absolute Gasteiger partial charge is 0.0723 e. The highest BCUT2D eigenvalue weighted by atomic mass is 79.9. The Morgan fingerprint density at radius 3 is 2.39 bits per heavy atom. The number of rotatable bonds is 3. The van der Waals surface area contributed by atoms with E-state index in [0.717, 1.165) is 10.0 Å². The minimum Gasteiger partial charge on any atom is -0.271 e. The van der Waals surface area contributed by atoms with Crippen molar-refractivity contribution in [3.8, 4) is 0 Å². The van der Waals surface area contributed by atoms with Crippen LogP contribution in [0.2, 0.25) is 0 Å². The van der Waals surface area contributed by atoms with Gasteiger partial charge in [-0.2, -0.15) is 0 Å². The van der Waals surface area contributed by atoms with Gasteiger partial charge >= 0.3 is 0 Å². The first-order chi connectivity index (χ1) is 8.63. The van der Waals surface area contributed by atoms with Crippen molar-refractivity contribution in [2.24, 2.45) is 5.84 Å². The molecular weight excluding hydrogens is 288 g/mol. The highest BCUT2D eigenvalue weighted by Crippen LogP contribution is 2.29. The van der Waals surface area contributed by atoms with Crippen LogP contribution in [-0.4, -0.2) is 0 Å². The van der Waals surface area contributed by atoms with E-state index in [-0.39, 0.29) is 6.04 Å². The highest BCUT2D eigenvalue weighted by Gasteiger charge is 2.16. The number of halogens is 1. The molecule has 0 aliphatic heterocycles. The van der Waals surface area contributed by atoms with Crippen molar-refractivity contribution in [3.05, 3.63) is 69.2 Å². The molecule has 3 N–H and O–H groups in total. The molecule has 2 aromatic rings. The van der Waals surface area contributed by atoms with E-state index in [0.29, 0.717) is 0 Å². The molecule has 1 unspecified atom stereocenters. The zero-order valence-electron chi connectivity index (χ0n) is 10.6. The Morgan fingerprint density at radius 1 is 1.06 bits per heavy atom. The Labute approximate surface area is 116 Å². The minimum absolute atomic E-state index is 0.00109. The molecule has 0 amide bonds. The van der Waals surface area contributed by atoms with Gasteiger partial charge in [-0.15, -0.1) is 0 Å². The fraction of sp³-hybridized carbons (Fsp3) is 0.200. The lowest BCUT2D eigenvalue weighted by Gasteiger charge is -2.20. The molecule has 0 bridgehead atoms. The molecule has 3 heteroatoms. The van der Waals surface area contributed by atoms with E-state index >= 15 is 0 Å². The van der Waals surface area contributed by atoms with Crippen LogP contribution in [0.4, 0.5) is 0 Å². The first-order valence-electron chi connectivity index (χ1n) is 5.91. The second-order valence-electron chi connectivity index (χ2n) is 4.48. The second kappa shape index (κ2) is 5.65. The summed E-state index contributed by atoms with van der Waals surface area (Å²) >= 11 is 3.58. The normalized spacial score (nSPS) is 12.4. The number of benzene rings is 2. The topological polar surface area (TPSA) is 38.0 Å². The number of aryl methyl sites for hydroxylation is 2. The molecule has 0 aromatic heterocycles. The van der Waals surface area contributed by atoms with Gasteiger partial charge in [0.05, 0.1) is 6.04 Å². The zero-order valence-corrected chi connectivity index (χ0v) is 12.2. The van der Waals surface area contributed by atoms with Gasteiger partial charge in [0.2, 0.25) is 0 Å². The molecule has 0 aliphatic rings. The molecule has 0 saturated carbocycles. The quantitative estimate of drug-likeness (QED) is 0.671. The Hall–Kier alpha value is -1.16. The number of hydrazine groups is 1. The number of hydrogen-bond donors (Lipinski definition) is 2. The van der Waals surface area contributed by atoms with E-state index in [9.17, 15) is 0 Å². The maximum absolute atomic E-state index is 5.74. The van der Waals surface area contributed by atoms with Crippen molar-refractivity contribution < 1.29 is 0 Å². The predicted molar refractivity (Wildman–Crippen MR) is 79.2 cm³/mol. The summed E-state index contributed by atoms with van der Waals surface area (Å²) in [7, 11) is 0. The average Bonchev–Trinajstić information content (AvgIpc) is 2.34. The average molecular weight is 305 g/mol. The van der Waals surface area contributed by atoms with Gasteiger partial charge in [-0.1, -0.05) is 57.9 Å². The maximum Gasteiger partial charge on any atom is 0.0723 e. The molecular formula is C15H17BrN2. The first kappa shape index (κ1) is 13.3. The van der Waals surface area contributed by atoms with E-state index in [4.69, 9.17) is 5.84 Å². The summed E-state index contributed by atoms with van der Waals surface area (Å²) in [4.78, 5) is 0. The molecule has 0 fully saturated rings. The third-order valence-electron chi connectivity index (χ3n) is 3.12. The van der Waals surface area contributed by atoms with Crippen LogP contribution in [-0.2, 0) is 0 Å². The third kappa shape index (κ3) is 2.64. The van der Waals surface area contributed by atoms with Crippen LogP contribution in [0.3, 0.4) is 0 Å². The van der Waals surface area contributed by atoms with Crippen LogP contribution in [0.5, 0.6) is 0 Å². The van der Waals surface area contributed by atoms with Gasteiger partial charge < -0.3 is 0 Å². The van der Waals surface area contributed by atoms with Crippen LogP contribution in [0.25, 0.3) is 0 Å².